The third kappa shape index (κ3) is 8.65. The van der Waals surface area contributed by atoms with Crippen LogP contribution in [-0.2, 0) is 24.4 Å². The van der Waals surface area contributed by atoms with Crippen molar-refractivity contribution in [2.45, 2.75) is 69.4 Å². The monoisotopic (exact) mass is 602 g/mol. The number of carbonyl (C=O) groups excluding carboxylic acids is 2. The SMILES string of the molecule is CCCCN(C(=O)[C@H](CC(=O)NCC1CCN(C(=N)N)CC1)NS(=O)(=O)c1ccc2ccccc2c1)C(CC)C(=O)O. The minimum Gasteiger partial charge on any atom is -0.480 e. The zero-order chi connectivity index (χ0) is 30.9. The molecular weight excluding hydrogens is 560 g/mol. The molecule has 2 amide bonds. The first-order valence-corrected chi connectivity index (χ1v) is 15.8. The largest absolute Gasteiger partial charge is 0.480 e. The number of sulfonamides is 1. The van der Waals surface area contributed by atoms with Gasteiger partial charge >= 0.3 is 5.97 Å². The lowest BCUT2D eigenvalue weighted by Crippen LogP contribution is -2.55. The van der Waals surface area contributed by atoms with Gasteiger partial charge in [0.15, 0.2) is 5.96 Å². The maximum Gasteiger partial charge on any atom is 0.326 e. The van der Waals surface area contributed by atoms with Gasteiger partial charge in [-0.2, -0.15) is 4.72 Å². The number of amides is 2. The number of fused-ring (bicyclic) bond motifs is 1. The molecule has 2 aromatic carbocycles. The lowest BCUT2D eigenvalue weighted by atomic mass is 9.97. The molecule has 0 bridgehead atoms. The average Bonchev–Trinajstić information content (AvgIpc) is 2.97. The molecule has 0 spiro atoms. The van der Waals surface area contributed by atoms with Crippen molar-refractivity contribution in [3.05, 3.63) is 42.5 Å². The zero-order valence-corrected chi connectivity index (χ0v) is 25.0. The Morgan fingerprint density at radius 1 is 1.12 bits per heavy atom. The molecule has 230 valence electrons. The Morgan fingerprint density at radius 2 is 1.79 bits per heavy atom. The molecule has 2 aromatic rings. The second kappa shape index (κ2) is 15.0. The number of likely N-dealkylation sites (tertiary alicyclic amines) is 1. The number of nitrogens with zero attached hydrogens (tertiary/aromatic N) is 2. The first-order valence-electron chi connectivity index (χ1n) is 14.4. The summed E-state index contributed by atoms with van der Waals surface area (Å²) < 4.78 is 29.4. The lowest BCUT2D eigenvalue weighted by Gasteiger charge is -2.33. The van der Waals surface area contributed by atoms with E-state index in [0.717, 1.165) is 18.2 Å². The molecule has 0 aromatic heterocycles. The topological polar surface area (TPSA) is 186 Å². The minimum absolute atomic E-state index is 0.0110. The Kier molecular flexibility index (Phi) is 11.7. The lowest BCUT2D eigenvalue weighted by molar-refractivity contribution is -0.151. The summed E-state index contributed by atoms with van der Waals surface area (Å²) in [4.78, 5) is 41.8. The van der Waals surface area contributed by atoms with Gasteiger partial charge in [0, 0.05) is 26.2 Å². The Bertz CT molecular complexity index is 1380. The molecule has 1 unspecified atom stereocenters. The van der Waals surface area contributed by atoms with Crippen LogP contribution in [0, 0.1) is 11.3 Å². The summed E-state index contributed by atoms with van der Waals surface area (Å²) >= 11 is 0. The maximum atomic E-state index is 13.8. The van der Waals surface area contributed by atoms with Gasteiger partial charge in [0.25, 0.3) is 0 Å². The molecule has 0 saturated carbocycles. The van der Waals surface area contributed by atoms with Crippen molar-refractivity contribution in [3.8, 4) is 0 Å². The Labute approximate surface area is 247 Å². The van der Waals surface area contributed by atoms with E-state index in [2.05, 4.69) is 10.0 Å². The van der Waals surface area contributed by atoms with Crippen LogP contribution in [0.5, 0.6) is 0 Å². The molecule has 3 rings (SSSR count). The van der Waals surface area contributed by atoms with E-state index in [4.69, 9.17) is 11.1 Å². The minimum atomic E-state index is -4.26. The van der Waals surface area contributed by atoms with Gasteiger partial charge in [-0.25, -0.2) is 13.2 Å². The Balaban J connectivity index is 1.83. The standard InChI is InChI=1S/C29H42N6O6S/c1-3-5-14-35(25(4-2)28(38)39)27(37)24(18-26(36)32-19-20-12-15-34(16-13-20)29(30)31)33-42(40,41)23-11-10-21-8-6-7-9-22(21)17-23/h6-11,17,20,24-25,33H,3-5,12-16,18-19H2,1-2H3,(H3,30,31)(H,32,36)(H,38,39)/t24-,25?/m0/s1. The van der Waals surface area contributed by atoms with Crippen molar-refractivity contribution in [1.29, 1.82) is 5.41 Å². The number of guanidine groups is 1. The summed E-state index contributed by atoms with van der Waals surface area (Å²) in [6.45, 7) is 5.19. The van der Waals surface area contributed by atoms with Gasteiger partial charge in [-0.05, 0) is 54.5 Å². The summed E-state index contributed by atoms with van der Waals surface area (Å²) in [5.74, 6) is -2.32. The molecule has 1 aliphatic rings. The second-order valence-electron chi connectivity index (χ2n) is 10.7. The van der Waals surface area contributed by atoms with Gasteiger partial charge in [0.2, 0.25) is 21.8 Å². The van der Waals surface area contributed by atoms with Gasteiger partial charge in [-0.3, -0.25) is 15.0 Å². The first-order chi connectivity index (χ1) is 20.0. The number of carboxylic acid groups (broad SMARTS) is 1. The molecule has 1 aliphatic heterocycles. The first kappa shape index (κ1) is 32.8. The van der Waals surface area contributed by atoms with Crippen LogP contribution >= 0.6 is 0 Å². The van der Waals surface area contributed by atoms with Gasteiger partial charge in [0.05, 0.1) is 11.3 Å². The van der Waals surface area contributed by atoms with E-state index < -0.39 is 46.3 Å². The van der Waals surface area contributed by atoms with E-state index >= 15 is 0 Å². The van der Waals surface area contributed by atoms with Crippen molar-refractivity contribution in [2.24, 2.45) is 11.7 Å². The van der Waals surface area contributed by atoms with Gasteiger partial charge in [-0.15, -0.1) is 0 Å². The van der Waals surface area contributed by atoms with Crippen LogP contribution in [0.4, 0.5) is 0 Å². The highest BCUT2D eigenvalue weighted by Gasteiger charge is 2.36. The second-order valence-corrected chi connectivity index (χ2v) is 12.4. The van der Waals surface area contributed by atoms with Gasteiger partial charge in [-0.1, -0.05) is 50.6 Å². The van der Waals surface area contributed by atoms with Crippen molar-refractivity contribution in [3.63, 3.8) is 0 Å². The van der Waals surface area contributed by atoms with E-state index in [1.54, 1.807) is 30.0 Å². The number of hydrogen-bond donors (Lipinski definition) is 5. The molecular formula is C29H42N6O6S. The number of benzene rings is 2. The van der Waals surface area contributed by atoms with Crippen LogP contribution in [0.2, 0.25) is 0 Å². The Morgan fingerprint density at radius 3 is 2.38 bits per heavy atom. The van der Waals surface area contributed by atoms with E-state index in [1.165, 1.54) is 17.0 Å². The third-order valence-corrected chi connectivity index (χ3v) is 9.11. The molecule has 1 heterocycles. The van der Waals surface area contributed by atoms with Gasteiger partial charge in [0.1, 0.15) is 12.1 Å². The number of carboxylic acids is 1. The van der Waals surface area contributed by atoms with E-state index in [1.807, 2.05) is 19.1 Å². The number of aliphatic carboxylic acids is 1. The molecule has 6 N–H and O–H groups in total. The van der Waals surface area contributed by atoms with Crippen LogP contribution < -0.4 is 15.8 Å². The van der Waals surface area contributed by atoms with Crippen molar-refractivity contribution in [1.82, 2.24) is 19.8 Å². The van der Waals surface area contributed by atoms with Crippen molar-refractivity contribution in [2.75, 3.05) is 26.2 Å². The molecule has 12 nitrogen and oxygen atoms in total. The Hall–Kier alpha value is -3.71. The van der Waals surface area contributed by atoms with Crippen molar-refractivity contribution < 1.29 is 27.9 Å². The van der Waals surface area contributed by atoms with E-state index in [-0.39, 0.29) is 29.7 Å². The molecule has 2 atom stereocenters. The number of hydrogen-bond acceptors (Lipinski definition) is 6. The summed E-state index contributed by atoms with van der Waals surface area (Å²) in [7, 11) is -4.26. The zero-order valence-electron chi connectivity index (χ0n) is 24.2. The number of rotatable bonds is 14. The molecule has 1 saturated heterocycles. The molecule has 0 radical (unpaired) electrons. The number of nitrogens with one attached hydrogen (secondary N) is 3. The number of unbranched alkanes of at least 4 members (excludes halogenated alkanes) is 1. The molecule has 42 heavy (non-hydrogen) atoms. The summed E-state index contributed by atoms with van der Waals surface area (Å²) in [5, 5.41) is 21.7. The number of piperidine rings is 1. The van der Waals surface area contributed by atoms with Crippen LogP contribution in [0.25, 0.3) is 10.8 Å². The number of nitrogens with two attached hydrogens (primary N) is 1. The predicted molar refractivity (Wildman–Crippen MR) is 160 cm³/mol. The van der Waals surface area contributed by atoms with Crippen LogP contribution in [0.3, 0.4) is 0 Å². The fourth-order valence-corrected chi connectivity index (χ4v) is 6.36. The van der Waals surface area contributed by atoms with E-state index in [9.17, 15) is 27.9 Å². The summed E-state index contributed by atoms with van der Waals surface area (Å²) in [5.41, 5.74) is 5.55. The highest BCUT2D eigenvalue weighted by molar-refractivity contribution is 7.89. The normalized spacial score (nSPS) is 15.6. The summed E-state index contributed by atoms with van der Waals surface area (Å²) in [6, 6.07) is 9.17. The van der Waals surface area contributed by atoms with Crippen LogP contribution in [0.15, 0.2) is 47.4 Å². The molecule has 1 fully saturated rings. The quantitative estimate of drug-likeness (QED) is 0.161. The van der Waals surface area contributed by atoms with Crippen LogP contribution in [0.1, 0.15) is 52.4 Å². The van der Waals surface area contributed by atoms with Crippen molar-refractivity contribution >= 4 is 44.5 Å². The number of carbonyl (C=O) groups is 3. The highest BCUT2D eigenvalue weighted by atomic mass is 32.2. The van der Waals surface area contributed by atoms with Gasteiger partial charge < -0.3 is 26.0 Å². The van der Waals surface area contributed by atoms with Crippen LogP contribution in [-0.4, -0.2) is 85.3 Å². The fraction of sp³-hybridized carbons (Fsp3) is 0.517. The maximum absolute atomic E-state index is 13.8. The van der Waals surface area contributed by atoms with E-state index in [0.29, 0.717) is 37.9 Å². The molecule has 0 aliphatic carbocycles. The molecule has 13 heteroatoms. The predicted octanol–water partition coefficient (Wildman–Crippen LogP) is 2.09. The highest BCUT2D eigenvalue weighted by Crippen LogP contribution is 2.21. The summed E-state index contributed by atoms with van der Waals surface area (Å²) in [6.07, 6.45) is 2.29. The average molecular weight is 603 g/mol. The smallest absolute Gasteiger partial charge is 0.326 e. The fourth-order valence-electron chi connectivity index (χ4n) is 5.14. The third-order valence-electron chi connectivity index (χ3n) is 7.64.